The van der Waals surface area contributed by atoms with Crippen LogP contribution in [0.3, 0.4) is 0 Å². The Bertz CT molecular complexity index is 1180. The Balaban J connectivity index is 1.62. The molecule has 2 aromatic rings. The van der Waals surface area contributed by atoms with Crippen molar-refractivity contribution in [3.05, 3.63) is 12.4 Å². The number of imidazole rings is 1. The average Bonchev–Trinajstić information content (AvgIpc) is 3.48. The summed E-state index contributed by atoms with van der Waals surface area (Å²) in [6, 6.07) is 0. The number of fused-ring (bicyclic) bond motifs is 1. The maximum Gasteiger partial charge on any atom is 0.312 e. The Kier molecular flexibility index (Phi) is 11.8. The van der Waals surface area contributed by atoms with Crippen LogP contribution in [0.1, 0.15) is 110 Å². The summed E-state index contributed by atoms with van der Waals surface area (Å²) in [7, 11) is 0. The first-order chi connectivity index (χ1) is 19.2. The highest BCUT2D eigenvalue weighted by Gasteiger charge is 2.52. The molecular formula is C29H42FN5O5. The Morgan fingerprint density at radius 1 is 1.20 bits per heavy atom. The van der Waals surface area contributed by atoms with E-state index < -0.39 is 36.1 Å². The van der Waals surface area contributed by atoms with Crippen LogP contribution in [0, 0.1) is 24.3 Å². The van der Waals surface area contributed by atoms with E-state index in [4.69, 9.17) is 15.9 Å². The van der Waals surface area contributed by atoms with Crippen molar-refractivity contribution < 1.29 is 28.6 Å². The van der Waals surface area contributed by atoms with Gasteiger partial charge in [-0.2, -0.15) is 14.4 Å². The van der Waals surface area contributed by atoms with Crippen LogP contribution in [0.15, 0.2) is 6.33 Å². The van der Waals surface area contributed by atoms with Crippen molar-refractivity contribution in [1.29, 1.82) is 0 Å². The molecule has 2 aromatic heterocycles. The summed E-state index contributed by atoms with van der Waals surface area (Å²) in [6.45, 7) is 5.85. The maximum atomic E-state index is 14.4. The highest BCUT2D eigenvalue weighted by atomic mass is 19.1. The fourth-order valence-electron chi connectivity index (χ4n) is 4.88. The number of aliphatic hydroxyl groups is 1. The second-order valence-corrected chi connectivity index (χ2v) is 10.5. The van der Waals surface area contributed by atoms with E-state index in [2.05, 4.69) is 33.1 Å². The number of rotatable bonds is 16. The lowest BCUT2D eigenvalue weighted by Gasteiger charge is -2.27. The van der Waals surface area contributed by atoms with Crippen LogP contribution >= 0.6 is 0 Å². The van der Waals surface area contributed by atoms with Gasteiger partial charge in [-0.3, -0.25) is 14.2 Å². The zero-order valence-corrected chi connectivity index (χ0v) is 23.8. The molecule has 0 aromatic carbocycles. The molecule has 0 aliphatic carbocycles. The predicted octanol–water partition coefficient (Wildman–Crippen LogP) is 5.41. The van der Waals surface area contributed by atoms with E-state index in [1.807, 2.05) is 6.92 Å². The van der Waals surface area contributed by atoms with Crippen molar-refractivity contribution in [3.63, 3.8) is 0 Å². The lowest BCUT2D eigenvalue weighted by Crippen LogP contribution is -2.43. The molecule has 3 rings (SSSR count). The number of anilines is 1. The van der Waals surface area contributed by atoms with Crippen molar-refractivity contribution in [2.45, 2.75) is 122 Å². The van der Waals surface area contributed by atoms with Gasteiger partial charge >= 0.3 is 17.8 Å². The molecular weight excluding hydrogens is 517 g/mol. The number of hydrogen-bond acceptors (Lipinski definition) is 8. The minimum Gasteiger partial charge on any atom is -0.418 e. The molecule has 0 saturated carbocycles. The van der Waals surface area contributed by atoms with Gasteiger partial charge in [-0.25, -0.2) is 4.98 Å². The molecule has 11 heteroatoms. The van der Waals surface area contributed by atoms with Gasteiger partial charge in [-0.1, -0.05) is 78.6 Å². The quantitative estimate of drug-likeness (QED) is 0.121. The van der Waals surface area contributed by atoms with Gasteiger partial charge in [0.2, 0.25) is 5.91 Å². The van der Waals surface area contributed by atoms with Crippen molar-refractivity contribution >= 4 is 28.9 Å². The number of aliphatic hydroxyl groups excluding tert-OH is 1. The number of halogens is 1. The molecule has 1 amide bonds. The van der Waals surface area contributed by atoms with E-state index in [0.29, 0.717) is 6.42 Å². The van der Waals surface area contributed by atoms with Crippen LogP contribution in [0.2, 0.25) is 0 Å². The second kappa shape index (κ2) is 15.1. The molecule has 0 spiro atoms. The first kappa shape index (κ1) is 31.4. The minimum absolute atomic E-state index is 0.0431. The number of carbonyl (C=O) groups is 2. The summed E-state index contributed by atoms with van der Waals surface area (Å²) in [5, 5.41) is 13.4. The summed E-state index contributed by atoms with van der Waals surface area (Å²) >= 11 is 0. The van der Waals surface area contributed by atoms with Crippen LogP contribution in [0.4, 0.5) is 10.2 Å². The average molecular weight is 560 g/mol. The Morgan fingerprint density at radius 3 is 2.52 bits per heavy atom. The fraction of sp³-hybridized carbons (Fsp3) is 0.690. The standard InChI is InChI=1S/C29H42FN5O5/c1-5-8-9-10-11-12-13-14-15-17-22(37)32-25-24-26(34-28(30)33-25)35(19-31-24)23-18-21(36)29(7-3,39-23)40-27(38)20(4)16-6-2/h3,19-21,23,36H,5-6,8-18H2,1-2,4H3,(H,32,33,34,37)/t20?,21-,23+,29+/m0/s1. The number of ether oxygens (including phenoxy) is 2. The third-order valence-corrected chi connectivity index (χ3v) is 7.22. The molecule has 1 aliphatic rings. The summed E-state index contributed by atoms with van der Waals surface area (Å²) in [4.78, 5) is 36.9. The normalized spacial score (nSPS) is 21.3. The topological polar surface area (TPSA) is 128 Å². The number of esters is 1. The van der Waals surface area contributed by atoms with Crippen molar-refractivity contribution in [3.8, 4) is 12.3 Å². The SMILES string of the molecule is C#C[C@]1(OC(=O)C(C)CCC)O[C@@H](n2cnc3c(NC(=O)CCCCCCCCCCC)nc(F)nc32)C[C@@H]1O. The van der Waals surface area contributed by atoms with E-state index in [1.54, 1.807) is 6.92 Å². The fourth-order valence-corrected chi connectivity index (χ4v) is 4.88. The number of aromatic nitrogens is 4. The molecule has 3 heterocycles. The van der Waals surface area contributed by atoms with Gasteiger partial charge in [-0.05, 0) is 18.8 Å². The highest BCUT2D eigenvalue weighted by molar-refractivity contribution is 5.96. The van der Waals surface area contributed by atoms with E-state index >= 15 is 0 Å². The van der Waals surface area contributed by atoms with E-state index in [-0.39, 0.29) is 35.7 Å². The molecule has 10 nitrogen and oxygen atoms in total. The lowest BCUT2D eigenvalue weighted by atomic mass is 10.1. The Hall–Kier alpha value is -3.10. The monoisotopic (exact) mass is 559 g/mol. The van der Waals surface area contributed by atoms with Crippen LogP contribution < -0.4 is 5.32 Å². The van der Waals surface area contributed by atoms with Crippen LogP contribution in [0.5, 0.6) is 0 Å². The zero-order chi connectivity index (χ0) is 29.1. The van der Waals surface area contributed by atoms with Crippen molar-refractivity contribution in [2.24, 2.45) is 5.92 Å². The molecule has 0 radical (unpaired) electrons. The van der Waals surface area contributed by atoms with Gasteiger partial charge in [0.05, 0.1) is 12.2 Å². The number of hydrogen-bond donors (Lipinski definition) is 2. The van der Waals surface area contributed by atoms with E-state index in [9.17, 15) is 19.1 Å². The van der Waals surface area contributed by atoms with Gasteiger partial charge in [0.25, 0.3) is 0 Å². The van der Waals surface area contributed by atoms with Crippen LogP contribution in [0.25, 0.3) is 11.2 Å². The van der Waals surface area contributed by atoms with Gasteiger partial charge < -0.3 is 19.9 Å². The second-order valence-electron chi connectivity index (χ2n) is 10.5. The van der Waals surface area contributed by atoms with Crippen molar-refractivity contribution in [2.75, 3.05) is 5.32 Å². The van der Waals surface area contributed by atoms with Gasteiger partial charge in [0.1, 0.15) is 12.3 Å². The summed E-state index contributed by atoms with van der Waals surface area (Å²) in [6.07, 6.45) is 15.4. The smallest absolute Gasteiger partial charge is 0.312 e. The first-order valence-electron chi connectivity index (χ1n) is 14.5. The maximum absolute atomic E-state index is 14.4. The number of amides is 1. The minimum atomic E-state index is -2.00. The number of nitrogens with one attached hydrogen (secondary N) is 1. The molecule has 1 saturated heterocycles. The first-order valence-corrected chi connectivity index (χ1v) is 14.5. The number of carbonyl (C=O) groups excluding carboxylic acids is 2. The van der Waals surface area contributed by atoms with Crippen LogP contribution in [-0.2, 0) is 19.1 Å². The molecule has 2 N–H and O–H groups in total. The van der Waals surface area contributed by atoms with Crippen molar-refractivity contribution in [1.82, 2.24) is 19.5 Å². The molecule has 0 bridgehead atoms. The molecule has 4 atom stereocenters. The van der Waals surface area contributed by atoms with Gasteiger partial charge in [0, 0.05) is 12.8 Å². The summed E-state index contributed by atoms with van der Waals surface area (Å²) in [5.41, 5.74) is 0.202. The summed E-state index contributed by atoms with van der Waals surface area (Å²) < 4.78 is 27.1. The molecule has 220 valence electrons. The lowest BCUT2D eigenvalue weighted by molar-refractivity contribution is -0.229. The van der Waals surface area contributed by atoms with E-state index in [0.717, 1.165) is 32.1 Å². The van der Waals surface area contributed by atoms with E-state index in [1.165, 1.54) is 43.0 Å². The number of terminal acetylenes is 1. The number of nitrogens with zero attached hydrogens (tertiary/aromatic N) is 4. The number of unbranched alkanes of at least 4 members (excludes halogenated alkanes) is 8. The van der Waals surface area contributed by atoms with Crippen LogP contribution in [-0.4, -0.2) is 48.4 Å². The zero-order valence-electron chi connectivity index (χ0n) is 23.8. The highest BCUT2D eigenvalue weighted by Crippen LogP contribution is 2.39. The Labute approximate surface area is 235 Å². The summed E-state index contributed by atoms with van der Waals surface area (Å²) in [5.74, 6) is -1.08. The molecule has 40 heavy (non-hydrogen) atoms. The molecule has 1 unspecified atom stereocenters. The third-order valence-electron chi connectivity index (χ3n) is 7.22. The van der Waals surface area contributed by atoms with Gasteiger partial charge in [0.15, 0.2) is 17.0 Å². The largest absolute Gasteiger partial charge is 0.418 e. The molecule has 1 aliphatic heterocycles. The predicted molar refractivity (Wildman–Crippen MR) is 148 cm³/mol. The molecule has 1 fully saturated rings. The third kappa shape index (κ3) is 7.98. The Morgan fingerprint density at radius 2 is 1.88 bits per heavy atom. The van der Waals surface area contributed by atoms with Gasteiger partial charge in [-0.15, -0.1) is 6.42 Å².